The third-order valence-electron chi connectivity index (χ3n) is 3.75. The van der Waals surface area contributed by atoms with E-state index in [1.165, 1.54) is 12.1 Å². The number of benzene rings is 1. The number of carbonyl (C=O) groups is 2. The van der Waals surface area contributed by atoms with Gasteiger partial charge in [0.25, 0.3) is 6.04 Å². The first kappa shape index (κ1) is 18.3. The highest BCUT2D eigenvalue weighted by atomic mass is 35.5. The van der Waals surface area contributed by atoms with Crippen molar-refractivity contribution in [2.75, 3.05) is 20.8 Å². The first-order valence-corrected chi connectivity index (χ1v) is 7.48. The summed E-state index contributed by atoms with van der Waals surface area (Å²) in [6.45, 7) is -0.365. The van der Waals surface area contributed by atoms with E-state index in [2.05, 4.69) is 9.47 Å². The normalized spacial score (nSPS) is 19.2. The van der Waals surface area contributed by atoms with Crippen molar-refractivity contribution in [3.63, 3.8) is 0 Å². The molecule has 1 heterocycles. The lowest BCUT2D eigenvalue weighted by Gasteiger charge is -2.32. The third kappa shape index (κ3) is 3.25. The monoisotopic (exact) mass is 377 g/mol. The number of fused-ring (bicyclic) bond motifs is 1. The summed E-state index contributed by atoms with van der Waals surface area (Å²) in [5.41, 5.74) is 0.182. The van der Waals surface area contributed by atoms with Crippen LogP contribution in [0.5, 0.6) is 5.75 Å². The van der Waals surface area contributed by atoms with Gasteiger partial charge in [0.15, 0.2) is 12.5 Å². The van der Waals surface area contributed by atoms with Crippen molar-refractivity contribution < 1.29 is 28.7 Å². The van der Waals surface area contributed by atoms with Gasteiger partial charge in [-0.3, -0.25) is 19.7 Å². The van der Waals surface area contributed by atoms with Gasteiger partial charge in [0.2, 0.25) is 0 Å². The molecule has 0 radical (unpaired) electrons. The molecule has 2 rings (SSSR count). The van der Waals surface area contributed by atoms with Crippen molar-refractivity contribution >= 4 is 35.1 Å². The van der Waals surface area contributed by atoms with Crippen LogP contribution in [0.2, 0.25) is 10.0 Å². The van der Waals surface area contributed by atoms with E-state index in [9.17, 15) is 19.7 Å². The second kappa shape index (κ2) is 7.23. The fourth-order valence-corrected chi connectivity index (χ4v) is 3.26. The van der Waals surface area contributed by atoms with Gasteiger partial charge in [-0.15, -0.1) is 0 Å². The predicted octanol–water partition coefficient (Wildman–Crippen LogP) is 2.08. The molecule has 0 unspecified atom stereocenters. The van der Waals surface area contributed by atoms with Crippen LogP contribution < -0.4 is 4.74 Å². The number of ether oxygens (including phenoxy) is 3. The molecular formula is C14H13Cl2NO7. The van der Waals surface area contributed by atoms with Crippen LogP contribution in [0.1, 0.15) is 11.5 Å². The summed E-state index contributed by atoms with van der Waals surface area (Å²) in [5, 5.41) is 11.7. The molecular weight excluding hydrogens is 365 g/mol. The van der Waals surface area contributed by atoms with Crippen LogP contribution in [0.3, 0.4) is 0 Å². The number of halogens is 2. The number of nitro groups is 1. The lowest BCUT2D eigenvalue weighted by molar-refractivity contribution is -0.531. The highest BCUT2D eigenvalue weighted by molar-refractivity contribution is 6.35. The van der Waals surface area contributed by atoms with E-state index < -0.39 is 34.7 Å². The first-order chi connectivity index (χ1) is 11.3. The van der Waals surface area contributed by atoms with Gasteiger partial charge in [0.05, 0.1) is 25.2 Å². The minimum Gasteiger partial charge on any atom is -0.485 e. The van der Waals surface area contributed by atoms with E-state index in [1.54, 1.807) is 0 Å². The van der Waals surface area contributed by atoms with E-state index in [1.807, 2.05) is 0 Å². The van der Waals surface area contributed by atoms with Crippen LogP contribution >= 0.6 is 23.2 Å². The average Bonchev–Trinajstić information content (AvgIpc) is 2.54. The Bertz CT molecular complexity index is 678. The largest absolute Gasteiger partial charge is 0.485 e. The van der Waals surface area contributed by atoms with Crippen molar-refractivity contribution in [3.05, 3.63) is 37.9 Å². The molecule has 24 heavy (non-hydrogen) atoms. The Kier molecular flexibility index (Phi) is 5.51. The molecule has 8 nitrogen and oxygen atoms in total. The molecule has 0 spiro atoms. The van der Waals surface area contributed by atoms with E-state index in [4.69, 9.17) is 27.9 Å². The van der Waals surface area contributed by atoms with E-state index in [-0.39, 0.29) is 28.0 Å². The maximum atomic E-state index is 12.1. The molecule has 0 saturated heterocycles. The Morgan fingerprint density at radius 1 is 1.29 bits per heavy atom. The number of carbonyl (C=O) groups excluding carboxylic acids is 2. The fourth-order valence-electron chi connectivity index (χ4n) is 2.70. The zero-order valence-corrected chi connectivity index (χ0v) is 14.2. The molecule has 130 valence electrons. The standard InChI is InChI=1S/C14H13Cl2NO7/c1-22-13(18)11(14(19)23-2)10-7-3-6(15)4-8(16)12(7)24-5-9(10)17(20)21/h3-4,9-11H,5H2,1-2H3/t9-,10-/m1/s1. The molecule has 2 atom stereocenters. The first-order valence-electron chi connectivity index (χ1n) is 6.72. The van der Waals surface area contributed by atoms with Crippen molar-refractivity contribution in [2.24, 2.45) is 5.92 Å². The number of methoxy groups -OCH3 is 2. The van der Waals surface area contributed by atoms with E-state index in [0.717, 1.165) is 14.2 Å². The Balaban J connectivity index is 2.67. The van der Waals surface area contributed by atoms with Crippen molar-refractivity contribution in [1.29, 1.82) is 0 Å². The molecule has 0 saturated carbocycles. The summed E-state index contributed by atoms with van der Waals surface area (Å²) >= 11 is 12.0. The van der Waals surface area contributed by atoms with Crippen LogP contribution in [-0.2, 0) is 19.1 Å². The number of nitrogens with zero attached hydrogens (tertiary/aromatic N) is 1. The van der Waals surface area contributed by atoms with Crippen LogP contribution in [0.4, 0.5) is 0 Å². The summed E-state index contributed by atoms with van der Waals surface area (Å²) in [5.74, 6) is -4.51. The van der Waals surface area contributed by atoms with Crippen LogP contribution in [0.15, 0.2) is 12.1 Å². The Hall–Kier alpha value is -2.06. The SMILES string of the molecule is COC(=O)C(C(=O)OC)[C@@H]1c2cc(Cl)cc(Cl)c2OC[C@H]1[N+](=O)[O-]. The van der Waals surface area contributed by atoms with Crippen LogP contribution in [-0.4, -0.2) is 43.7 Å². The molecule has 0 aliphatic carbocycles. The van der Waals surface area contributed by atoms with Crippen LogP contribution in [0, 0.1) is 16.0 Å². The predicted molar refractivity (Wildman–Crippen MR) is 83.0 cm³/mol. The number of hydrogen-bond donors (Lipinski definition) is 0. The highest BCUT2D eigenvalue weighted by Crippen LogP contribution is 2.45. The minimum absolute atomic E-state index is 0.123. The van der Waals surface area contributed by atoms with Gasteiger partial charge in [-0.1, -0.05) is 23.2 Å². The lowest BCUT2D eigenvalue weighted by Crippen LogP contribution is -2.46. The fraction of sp³-hybridized carbons (Fsp3) is 0.429. The Morgan fingerprint density at radius 3 is 2.38 bits per heavy atom. The molecule has 0 bridgehead atoms. The third-order valence-corrected chi connectivity index (χ3v) is 4.25. The minimum atomic E-state index is -1.55. The van der Waals surface area contributed by atoms with Gasteiger partial charge >= 0.3 is 11.9 Å². The smallest absolute Gasteiger partial charge is 0.320 e. The molecule has 0 aromatic heterocycles. The van der Waals surface area contributed by atoms with Gasteiger partial charge in [0.1, 0.15) is 5.75 Å². The topological polar surface area (TPSA) is 105 Å². The zero-order chi connectivity index (χ0) is 18.0. The molecule has 10 heteroatoms. The van der Waals surface area contributed by atoms with Gasteiger partial charge in [-0.05, 0) is 12.1 Å². The quantitative estimate of drug-likeness (QED) is 0.342. The van der Waals surface area contributed by atoms with Gasteiger partial charge in [-0.2, -0.15) is 0 Å². The molecule has 1 aliphatic rings. The maximum absolute atomic E-state index is 12.1. The van der Waals surface area contributed by atoms with Gasteiger partial charge in [0, 0.05) is 15.5 Å². The molecule has 0 fully saturated rings. The number of esters is 2. The van der Waals surface area contributed by atoms with Crippen molar-refractivity contribution in [3.8, 4) is 5.75 Å². The second-order valence-corrected chi connectivity index (χ2v) is 5.86. The zero-order valence-electron chi connectivity index (χ0n) is 12.7. The van der Waals surface area contributed by atoms with Crippen molar-refractivity contribution in [1.82, 2.24) is 0 Å². The van der Waals surface area contributed by atoms with E-state index in [0.29, 0.717) is 0 Å². The number of hydrogen-bond acceptors (Lipinski definition) is 7. The van der Waals surface area contributed by atoms with E-state index >= 15 is 0 Å². The summed E-state index contributed by atoms with van der Waals surface area (Å²) in [7, 11) is 2.15. The summed E-state index contributed by atoms with van der Waals surface area (Å²) in [6.07, 6.45) is 0. The Labute approximate surface area is 146 Å². The lowest BCUT2D eigenvalue weighted by atomic mass is 9.79. The summed E-state index contributed by atoms with van der Waals surface area (Å²) in [6, 6.07) is 1.40. The second-order valence-electron chi connectivity index (χ2n) is 5.02. The molecule has 1 aromatic carbocycles. The number of rotatable bonds is 4. The molecule has 0 amide bonds. The van der Waals surface area contributed by atoms with Crippen molar-refractivity contribution in [2.45, 2.75) is 12.0 Å². The molecule has 0 N–H and O–H groups in total. The average molecular weight is 378 g/mol. The summed E-state index contributed by atoms with van der Waals surface area (Å²) in [4.78, 5) is 35.0. The highest BCUT2D eigenvalue weighted by Gasteiger charge is 2.51. The molecule has 1 aliphatic heterocycles. The van der Waals surface area contributed by atoms with Gasteiger partial charge in [-0.25, -0.2) is 0 Å². The maximum Gasteiger partial charge on any atom is 0.320 e. The summed E-state index contributed by atoms with van der Waals surface area (Å²) < 4.78 is 14.6. The Morgan fingerprint density at radius 2 is 1.88 bits per heavy atom. The van der Waals surface area contributed by atoms with Gasteiger partial charge < -0.3 is 14.2 Å². The molecule has 1 aromatic rings. The van der Waals surface area contributed by atoms with Crippen LogP contribution in [0.25, 0.3) is 0 Å².